The molecule has 2 heteroatoms. The Kier molecular flexibility index (Phi) is 3.33. The third-order valence-electron chi connectivity index (χ3n) is 6.13. The maximum absolute atomic E-state index is 2.44. The van der Waals surface area contributed by atoms with Crippen molar-refractivity contribution in [2.45, 2.75) is 13.8 Å². The Morgan fingerprint density at radius 1 is 0.586 bits per heavy atom. The summed E-state index contributed by atoms with van der Waals surface area (Å²) in [6, 6.07) is 32.8. The number of fused-ring (bicyclic) bond motifs is 5. The van der Waals surface area contributed by atoms with Gasteiger partial charge in [0.25, 0.3) is 5.84 Å². The van der Waals surface area contributed by atoms with Crippen LogP contribution in [0.15, 0.2) is 91.0 Å². The van der Waals surface area contributed by atoms with E-state index < -0.39 is 0 Å². The first-order valence-electron chi connectivity index (χ1n) is 10.1. The van der Waals surface area contributed by atoms with Gasteiger partial charge in [0.1, 0.15) is 22.4 Å². The van der Waals surface area contributed by atoms with Crippen LogP contribution >= 0.6 is 0 Å². The zero-order valence-corrected chi connectivity index (χ0v) is 16.6. The largest absolute Gasteiger partial charge is 0.264 e. The second-order valence-corrected chi connectivity index (χ2v) is 7.74. The molecule has 1 aromatic heterocycles. The summed E-state index contributed by atoms with van der Waals surface area (Å²) >= 11 is 0. The minimum Gasteiger partial charge on any atom is -0.196 e. The summed E-state index contributed by atoms with van der Waals surface area (Å²) in [6.07, 6.45) is 0. The standard InChI is InChI=1S/C27H21N2/c1-18-10-3-6-15-24(18)28-19(2)29-26-17-8-5-12-21(26)23-14-9-13-22(27(23)29)20-11-4-7-16-25(20)28/h3-17H,1-2H3/q+1. The summed E-state index contributed by atoms with van der Waals surface area (Å²) in [4.78, 5) is 0. The molecule has 5 aromatic rings. The van der Waals surface area contributed by atoms with Gasteiger partial charge in [0, 0.05) is 28.8 Å². The highest BCUT2D eigenvalue weighted by atomic mass is 15.2. The molecule has 0 atom stereocenters. The minimum absolute atomic E-state index is 1.20. The van der Waals surface area contributed by atoms with Gasteiger partial charge in [0.15, 0.2) is 0 Å². The van der Waals surface area contributed by atoms with Gasteiger partial charge >= 0.3 is 0 Å². The highest BCUT2D eigenvalue weighted by Gasteiger charge is 2.30. The van der Waals surface area contributed by atoms with Crippen LogP contribution in [0, 0.1) is 6.92 Å². The molecule has 2 nitrogen and oxygen atoms in total. The highest BCUT2D eigenvalue weighted by Crippen LogP contribution is 2.42. The summed E-state index contributed by atoms with van der Waals surface area (Å²) in [7, 11) is 0. The number of hydrogen-bond acceptors (Lipinski definition) is 0. The monoisotopic (exact) mass is 373 g/mol. The van der Waals surface area contributed by atoms with E-state index in [1.165, 1.54) is 55.7 Å². The van der Waals surface area contributed by atoms with Gasteiger partial charge in [0.05, 0.1) is 0 Å². The van der Waals surface area contributed by atoms with Crippen molar-refractivity contribution in [2.24, 2.45) is 0 Å². The van der Waals surface area contributed by atoms with Crippen molar-refractivity contribution in [3.05, 3.63) is 96.6 Å². The molecular weight excluding hydrogens is 352 g/mol. The fourth-order valence-corrected chi connectivity index (χ4v) is 4.86. The Balaban J connectivity index is 1.90. The van der Waals surface area contributed by atoms with Gasteiger partial charge in [0.2, 0.25) is 0 Å². The summed E-state index contributed by atoms with van der Waals surface area (Å²) in [5.74, 6) is 1.20. The van der Waals surface area contributed by atoms with Crippen LogP contribution in [0.3, 0.4) is 0 Å². The molecule has 0 radical (unpaired) electrons. The van der Waals surface area contributed by atoms with Crippen LogP contribution in [0.4, 0.5) is 11.4 Å². The molecular formula is C27H21N2+. The number of hydrogen-bond donors (Lipinski definition) is 0. The zero-order valence-electron chi connectivity index (χ0n) is 16.6. The first-order chi connectivity index (χ1) is 14.3. The first-order valence-corrected chi connectivity index (χ1v) is 10.1. The number of nitrogens with zero attached hydrogens (tertiary/aromatic N) is 2. The lowest BCUT2D eigenvalue weighted by Gasteiger charge is -2.13. The molecule has 4 aromatic carbocycles. The highest BCUT2D eigenvalue weighted by molar-refractivity contribution is 6.19. The van der Waals surface area contributed by atoms with E-state index in [-0.39, 0.29) is 0 Å². The molecule has 6 rings (SSSR count). The zero-order chi connectivity index (χ0) is 19.5. The van der Waals surface area contributed by atoms with Gasteiger partial charge in [-0.05, 0) is 55.0 Å². The molecule has 29 heavy (non-hydrogen) atoms. The van der Waals surface area contributed by atoms with Gasteiger partial charge in [-0.3, -0.25) is 0 Å². The summed E-state index contributed by atoms with van der Waals surface area (Å²) in [5.41, 5.74) is 8.79. The molecule has 0 saturated heterocycles. The van der Waals surface area contributed by atoms with E-state index in [2.05, 4.69) is 114 Å². The minimum atomic E-state index is 1.20. The summed E-state index contributed by atoms with van der Waals surface area (Å²) < 4.78 is 4.85. The van der Waals surface area contributed by atoms with Gasteiger partial charge in [-0.1, -0.05) is 48.5 Å². The van der Waals surface area contributed by atoms with E-state index in [9.17, 15) is 0 Å². The van der Waals surface area contributed by atoms with Crippen LogP contribution in [-0.2, 0) is 0 Å². The van der Waals surface area contributed by atoms with Gasteiger partial charge in [-0.15, -0.1) is 0 Å². The SMILES string of the molecule is CC1=[N+](c2ccccc2C)c2ccccc2-c2cccc3c4ccccc4n1c23. The molecule has 1 aliphatic rings. The van der Waals surface area contributed by atoms with Gasteiger partial charge in [-0.25, -0.2) is 0 Å². The molecule has 138 valence electrons. The lowest BCUT2D eigenvalue weighted by atomic mass is 10.00. The van der Waals surface area contributed by atoms with Gasteiger partial charge in [-0.2, -0.15) is 9.14 Å². The van der Waals surface area contributed by atoms with E-state index in [1.807, 2.05) is 0 Å². The van der Waals surface area contributed by atoms with Crippen LogP contribution in [-0.4, -0.2) is 10.4 Å². The smallest absolute Gasteiger partial charge is 0.196 e. The maximum Gasteiger partial charge on any atom is 0.264 e. The topological polar surface area (TPSA) is 7.94 Å². The quantitative estimate of drug-likeness (QED) is 0.283. The Labute approximate surface area is 170 Å². The van der Waals surface area contributed by atoms with E-state index >= 15 is 0 Å². The molecule has 1 aliphatic heterocycles. The Morgan fingerprint density at radius 3 is 2.10 bits per heavy atom. The van der Waals surface area contributed by atoms with Gasteiger partial charge < -0.3 is 0 Å². The molecule has 0 spiro atoms. The van der Waals surface area contributed by atoms with Crippen molar-refractivity contribution in [3.8, 4) is 11.1 Å². The molecule has 0 aliphatic carbocycles. The van der Waals surface area contributed by atoms with Crippen molar-refractivity contribution in [1.29, 1.82) is 0 Å². The van der Waals surface area contributed by atoms with E-state index in [0.29, 0.717) is 0 Å². The van der Waals surface area contributed by atoms with Crippen molar-refractivity contribution in [1.82, 2.24) is 9.14 Å². The average Bonchev–Trinajstić information content (AvgIpc) is 3.05. The molecule has 0 N–H and O–H groups in total. The average molecular weight is 373 g/mol. The second kappa shape index (κ2) is 5.92. The second-order valence-electron chi connectivity index (χ2n) is 7.74. The van der Waals surface area contributed by atoms with Crippen LogP contribution in [0.1, 0.15) is 12.5 Å². The fraction of sp³-hybridized carbons (Fsp3) is 0.0741. The van der Waals surface area contributed by atoms with Crippen molar-refractivity contribution < 1.29 is 0 Å². The van der Waals surface area contributed by atoms with E-state index in [4.69, 9.17) is 0 Å². The third kappa shape index (κ3) is 2.14. The molecule has 2 heterocycles. The fourth-order valence-electron chi connectivity index (χ4n) is 4.86. The Hall–Kier alpha value is -3.65. The number of benzene rings is 4. The number of aromatic nitrogens is 1. The lowest BCUT2D eigenvalue weighted by molar-refractivity contribution is 1.02. The van der Waals surface area contributed by atoms with E-state index in [0.717, 1.165) is 0 Å². The van der Waals surface area contributed by atoms with Crippen LogP contribution in [0.5, 0.6) is 0 Å². The van der Waals surface area contributed by atoms with Crippen molar-refractivity contribution in [2.75, 3.05) is 0 Å². The molecule has 0 amide bonds. The lowest BCUT2D eigenvalue weighted by Crippen LogP contribution is -2.21. The Bertz CT molecular complexity index is 1470. The first kappa shape index (κ1) is 16.3. The van der Waals surface area contributed by atoms with E-state index in [1.54, 1.807) is 0 Å². The molecule has 0 fully saturated rings. The predicted molar refractivity (Wildman–Crippen MR) is 124 cm³/mol. The summed E-state index contributed by atoms with van der Waals surface area (Å²) in [6.45, 7) is 4.42. The number of aryl methyl sites for hydroxylation is 1. The number of para-hydroxylation sites is 4. The normalized spacial score (nSPS) is 13.0. The van der Waals surface area contributed by atoms with Crippen LogP contribution in [0.2, 0.25) is 0 Å². The maximum atomic E-state index is 2.44. The van der Waals surface area contributed by atoms with Crippen molar-refractivity contribution >= 4 is 39.0 Å². The summed E-state index contributed by atoms with van der Waals surface area (Å²) in [5, 5.41) is 2.60. The third-order valence-corrected chi connectivity index (χ3v) is 6.13. The Morgan fingerprint density at radius 2 is 1.24 bits per heavy atom. The van der Waals surface area contributed by atoms with Crippen molar-refractivity contribution in [3.63, 3.8) is 0 Å². The van der Waals surface area contributed by atoms with Crippen LogP contribution < -0.4 is 4.58 Å². The predicted octanol–water partition coefficient (Wildman–Crippen LogP) is 6.88. The van der Waals surface area contributed by atoms with Crippen LogP contribution in [0.25, 0.3) is 32.9 Å². The molecule has 0 unspecified atom stereocenters. The molecule has 0 saturated carbocycles. The number of rotatable bonds is 1. The molecule has 0 bridgehead atoms.